The van der Waals surface area contributed by atoms with Crippen molar-refractivity contribution >= 4 is 5.97 Å². The highest BCUT2D eigenvalue weighted by atomic mass is 19.4. The van der Waals surface area contributed by atoms with Crippen LogP contribution in [0.1, 0.15) is 25.7 Å². The molecule has 0 saturated carbocycles. The Balaban J connectivity index is 3.67. The fourth-order valence-corrected chi connectivity index (χ4v) is 1.30. The van der Waals surface area contributed by atoms with Gasteiger partial charge in [-0.25, -0.2) is 0 Å². The molecular formula is C10H18F3NO3. The molecule has 0 amide bonds. The average molecular weight is 257 g/mol. The molecule has 0 spiro atoms. The third-order valence-electron chi connectivity index (χ3n) is 2.30. The van der Waals surface area contributed by atoms with E-state index in [0.717, 1.165) is 12.8 Å². The zero-order valence-electron chi connectivity index (χ0n) is 9.46. The van der Waals surface area contributed by atoms with E-state index < -0.39 is 24.6 Å². The monoisotopic (exact) mass is 257 g/mol. The lowest BCUT2D eigenvalue weighted by atomic mass is 10.1. The molecule has 0 fully saturated rings. The highest BCUT2D eigenvalue weighted by Crippen LogP contribution is 2.25. The maximum atomic E-state index is 12.2. The first-order valence-corrected chi connectivity index (χ1v) is 5.50. The zero-order chi connectivity index (χ0) is 13.3. The number of hydrogen-bond acceptors (Lipinski definition) is 3. The van der Waals surface area contributed by atoms with E-state index in [9.17, 15) is 18.0 Å². The Morgan fingerprint density at radius 2 is 1.76 bits per heavy atom. The van der Waals surface area contributed by atoms with Crippen LogP contribution in [0, 0.1) is 5.92 Å². The number of aliphatic hydroxyl groups excluding tert-OH is 1. The van der Waals surface area contributed by atoms with Crippen molar-refractivity contribution in [1.29, 1.82) is 0 Å². The predicted octanol–water partition coefficient (Wildman–Crippen LogP) is 1.39. The van der Waals surface area contributed by atoms with E-state index in [4.69, 9.17) is 10.2 Å². The summed E-state index contributed by atoms with van der Waals surface area (Å²) in [6.45, 7) is -0.132. The molecule has 0 aliphatic heterocycles. The quantitative estimate of drug-likeness (QED) is 0.546. The van der Waals surface area contributed by atoms with Crippen LogP contribution in [0.15, 0.2) is 0 Å². The van der Waals surface area contributed by atoms with E-state index in [1.165, 1.54) is 0 Å². The van der Waals surface area contributed by atoms with Crippen molar-refractivity contribution in [3.63, 3.8) is 0 Å². The zero-order valence-corrected chi connectivity index (χ0v) is 9.46. The van der Waals surface area contributed by atoms with Crippen molar-refractivity contribution in [2.24, 2.45) is 5.92 Å². The summed E-state index contributed by atoms with van der Waals surface area (Å²) in [5, 5.41) is 19.4. The van der Waals surface area contributed by atoms with Gasteiger partial charge in [-0.15, -0.1) is 0 Å². The maximum absolute atomic E-state index is 12.2. The molecule has 17 heavy (non-hydrogen) atoms. The van der Waals surface area contributed by atoms with Crippen LogP contribution in [0.2, 0.25) is 0 Å². The highest BCUT2D eigenvalue weighted by molar-refractivity contribution is 5.71. The normalized spacial score (nSPS) is 13.6. The van der Waals surface area contributed by atoms with Crippen molar-refractivity contribution in [2.75, 3.05) is 19.7 Å². The fraction of sp³-hybridized carbons (Fsp3) is 0.900. The van der Waals surface area contributed by atoms with E-state index in [2.05, 4.69) is 5.32 Å². The van der Waals surface area contributed by atoms with Crippen molar-refractivity contribution in [1.82, 2.24) is 5.32 Å². The molecular weight excluding hydrogens is 239 g/mol. The minimum atomic E-state index is -4.71. The number of aliphatic carboxylic acids is 1. The molecule has 0 radical (unpaired) electrons. The lowest BCUT2D eigenvalue weighted by Gasteiger charge is -2.16. The van der Waals surface area contributed by atoms with Gasteiger partial charge in [-0.05, 0) is 19.4 Å². The molecule has 4 nitrogen and oxygen atoms in total. The van der Waals surface area contributed by atoms with Crippen LogP contribution in [0.5, 0.6) is 0 Å². The van der Waals surface area contributed by atoms with E-state index in [0.29, 0.717) is 19.4 Å². The number of rotatable bonds is 9. The first kappa shape index (κ1) is 16.2. The number of carboxylic acid groups (broad SMARTS) is 1. The summed E-state index contributed by atoms with van der Waals surface area (Å²) >= 11 is 0. The second-order valence-corrected chi connectivity index (χ2v) is 3.77. The lowest BCUT2D eigenvalue weighted by molar-refractivity contribution is -0.192. The Morgan fingerprint density at radius 1 is 1.18 bits per heavy atom. The van der Waals surface area contributed by atoms with Crippen LogP contribution in [0.4, 0.5) is 13.2 Å². The van der Waals surface area contributed by atoms with Crippen molar-refractivity contribution in [3.05, 3.63) is 0 Å². The average Bonchev–Trinajstić information content (AvgIpc) is 2.19. The summed E-state index contributed by atoms with van der Waals surface area (Å²) in [5.74, 6) is -4.20. The Bertz CT molecular complexity index is 221. The molecule has 0 heterocycles. The summed E-state index contributed by atoms with van der Waals surface area (Å²) in [6, 6.07) is 0. The topological polar surface area (TPSA) is 69.6 Å². The number of carboxylic acids is 1. The van der Waals surface area contributed by atoms with E-state index in [1.54, 1.807) is 0 Å². The summed E-state index contributed by atoms with van der Waals surface area (Å²) in [7, 11) is 0. The Labute approximate surface area is 97.8 Å². The van der Waals surface area contributed by atoms with Gasteiger partial charge in [-0.1, -0.05) is 12.8 Å². The largest absolute Gasteiger partial charge is 0.481 e. The molecule has 102 valence electrons. The maximum Gasteiger partial charge on any atom is 0.403 e. The third-order valence-corrected chi connectivity index (χ3v) is 2.30. The summed E-state index contributed by atoms with van der Waals surface area (Å²) in [6.07, 6.45) is -1.74. The van der Waals surface area contributed by atoms with E-state index in [-0.39, 0.29) is 6.61 Å². The minimum absolute atomic E-state index is 0.114. The first-order chi connectivity index (χ1) is 7.89. The second-order valence-electron chi connectivity index (χ2n) is 3.77. The highest BCUT2D eigenvalue weighted by Gasteiger charge is 2.44. The number of unbranched alkanes of at least 4 members (excludes halogenated alkanes) is 3. The number of nitrogens with one attached hydrogen (secondary N) is 1. The van der Waals surface area contributed by atoms with Gasteiger partial charge in [0.25, 0.3) is 0 Å². The molecule has 1 atom stereocenters. The Morgan fingerprint density at radius 3 is 2.24 bits per heavy atom. The van der Waals surface area contributed by atoms with Gasteiger partial charge in [0, 0.05) is 13.2 Å². The third kappa shape index (κ3) is 7.98. The lowest BCUT2D eigenvalue weighted by Crippen LogP contribution is -2.39. The molecule has 0 rings (SSSR count). The SMILES string of the molecule is O=C(O)C(CNCCCCCCO)C(F)(F)F. The fourth-order valence-electron chi connectivity index (χ4n) is 1.30. The van der Waals surface area contributed by atoms with Crippen LogP contribution in [-0.4, -0.2) is 42.1 Å². The summed E-state index contributed by atoms with van der Waals surface area (Å²) < 4.78 is 36.6. The van der Waals surface area contributed by atoms with Gasteiger partial charge >= 0.3 is 12.1 Å². The number of alkyl halides is 3. The molecule has 0 aliphatic carbocycles. The second kappa shape index (κ2) is 8.30. The van der Waals surface area contributed by atoms with Gasteiger partial charge in [0.05, 0.1) is 0 Å². The Hall–Kier alpha value is -0.820. The van der Waals surface area contributed by atoms with Crippen molar-refractivity contribution in [3.8, 4) is 0 Å². The van der Waals surface area contributed by atoms with Gasteiger partial charge < -0.3 is 15.5 Å². The van der Waals surface area contributed by atoms with Gasteiger partial charge in [-0.3, -0.25) is 4.79 Å². The van der Waals surface area contributed by atoms with Crippen molar-refractivity contribution < 1.29 is 28.2 Å². The first-order valence-electron chi connectivity index (χ1n) is 5.50. The van der Waals surface area contributed by atoms with Crippen LogP contribution < -0.4 is 5.32 Å². The van der Waals surface area contributed by atoms with Gasteiger partial charge in [0.15, 0.2) is 5.92 Å². The number of carbonyl (C=O) groups is 1. The molecule has 0 saturated heterocycles. The Kier molecular flexibility index (Phi) is 7.90. The molecule has 3 N–H and O–H groups in total. The van der Waals surface area contributed by atoms with Gasteiger partial charge in [0.1, 0.15) is 0 Å². The molecule has 0 aromatic rings. The summed E-state index contributed by atoms with van der Waals surface area (Å²) in [4.78, 5) is 10.4. The molecule has 0 bridgehead atoms. The van der Waals surface area contributed by atoms with Gasteiger partial charge in [0.2, 0.25) is 0 Å². The number of halogens is 3. The molecule has 0 aromatic heterocycles. The van der Waals surface area contributed by atoms with E-state index in [1.807, 2.05) is 0 Å². The van der Waals surface area contributed by atoms with E-state index >= 15 is 0 Å². The predicted molar refractivity (Wildman–Crippen MR) is 55.6 cm³/mol. The minimum Gasteiger partial charge on any atom is -0.481 e. The van der Waals surface area contributed by atoms with Gasteiger partial charge in [-0.2, -0.15) is 13.2 Å². The van der Waals surface area contributed by atoms with Crippen molar-refractivity contribution in [2.45, 2.75) is 31.9 Å². The number of aliphatic hydroxyl groups is 1. The molecule has 7 heteroatoms. The van der Waals surface area contributed by atoms with Crippen LogP contribution in [-0.2, 0) is 4.79 Å². The molecule has 0 aromatic carbocycles. The standard InChI is InChI=1S/C10H18F3NO3/c11-10(12,13)8(9(16)17)7-14-5-3-1-2-4-6-15/h8,14-15H,1-7H2,(H,16,17). The molecule has 0 aliphatic rings. The van der Waals surface area contributed by atoms with Crippen LogP contribution >= 0.6 is 0 Å². The number of hydrogen-bond donors (Lipinski definition) is 3. The smallest absolute Gasteiger partial charge is 0.403 e. The van der Waals surface area contributed by atoms with Crippen LogP contribution in [0.25, 0.3) is 0 Å². The van der Waals surface area contributed by atoms with Crippen LogP contribution in [0.3, 0.4) is 0 Å². The summed E-state index contributed by atoms with van der Waals surface area (Å²) in [5.41, 5.74) is 0. The molecule has 1 unspecified atom stereocenters.